The molecule has 0 unspecified atom stereocenters. The van der Waals surface area contributed by atoms with Crippen LogP contribution < -0.4 is 4.90 Å². The third-order valence-corrected chi connectivity index (χ3v) is 3.48. The van der Waals surface area contributed by atoms with Crippen LogP contribution in [-0.2, 0) is 0 Å². The van der Waals surface area contributed by atoms with Gasteiger partial charge < -0.3 is 10.0 Å². The highest BCUT2D eigenvalue weighted by molar-refractivity contribution is 5.94. The zero-order chi connectivity index (χ0) is 10.5. The van der Waals surface area contributed by atoms with Crippen LogP contribution in [0.1, 0.15) is 23.2 Å². The van der Waals surface area contributed by atoms with Gasteiger partial charge in [0.1, 0.15) is 0 Å². The fourth-order valence-corrected chi connectivity index (χ4v) is 2.36. The number of hydrogen-bond donors (Lipinski definition) is 1. The monoisotopic (exact) mass is 203 g/mol. The summed E-state index contributed by atoms with van der Waals surface area (Å²) >= 11 is 0. The molecule has 0 aromatic heterocycles. The van der Waals surface area contributed by atoms with Crippen molar-refractivity contribution >= 4 is 11.7 Å². The van der Waals surface area contributed by atoms with E-state index < -0.39 is 5.97 Å². The van der Waals surface area contributed by atoms with Gasteiger partial charge in [-0.1, -0.05) is 12.1 Å². The quantitative estimate of drug-likeness (QED) is 0.799. The standard InChI is InChI=1S/C12H13NO2/c14-11(15)9-3-1-2-4-10(9)13-7-12(8-13)5-6-12/h1-4H,5-8H2,(H,14,15). The zero-order valence-electron chi connectivity index (χ0n) is 8.44. The van der Waals surface area contributed by atoms with Crippen LogP contribution in [0.3, 0.4) is 0 Å². The Kier molecular flexibility index (Phi) is 1.61. The predicted octanol–water partition coefficient (Wildman–Crippen LogP) is 1.98. The number of anilines is 1. The van der Waals surface area contributed by atoms with Crippen LogP contribution >= 0.6 is 0 Å². The molecule has 0 bridgehead atoms. The molecule has 1 aromatic rings. The number of carboxylic acid groups (broad SMARTS) is 1. The number of carboxylic acids is 1. The van der Waals surface area contributed by atoms with Crippen molar-refractivity contribution in [3.8, 4) is 0 Å². The molecular formula is C12H13NO2. The van der Waals surface area contributed by atoms with Crippen LogP contribution in [0, 0.1) is 5.41 Å². The van der Waals surface area contributed by atoms with Crippen LogP contribution in [0.15, 0.2) is 24.3 Å². The normalized spacial score (nSPS) is 21.2. The first-order valence-corrected chi connectivity index (χ1v) is 5.28. The summed E-state index contributed by atoms with van der Waals surface area (Å²) in [7, 11) is 0. The topological polar surface area (TPSA) is 40.5 Å². The number of aromatic carboxylic acids is 1. The molecule has 1 aromatic carbocycles. The van der Waals surface area contributed by atoms with Gasteiger partial charge in [0, 0.05) is 18.5 Å². The maximum atomic E-state index is 11.0. The molecule has 1 heterocycles. The lowest BCUT2D eigenvalue weighted by molar-refractivity contribution is 0.0697. The van der Waals surface area contributed by atoms with Crippen molar-refractivity contribution in [3.05, 3.63) is 29.8 Å². The lowest BCUT2D eigenvalue weighted by atomic mass is 9.95. The largest absolute Gasteiger partial charge is 0.478 e. The second-order valence-electron chi connectivity index (χ2n) is 4.68. The van der Waals surface area contributed by atoms with Gasteiger partial charge in [-0.2, -0.15) is 0 Å². The molecule has 0 radical (unpaired) electrons. The van der Waals surface area contributed by atoms with Crippen molar-refractivity contribution in [1.29, 1.82) is 0 Å². The van der Waals surface area contributed by atoms with E-state index in [9.17, 15) is 4.79 Å². The summed E-state index contributed by atoms with van der Waals surface area (Å²) < 4.78 is 0. The second kappa shape index (κ2) is 2.75. The summed E-state index contributed by atoms with van der Waals surface area (Å²) in [6.07, 6.45) is 2.64. The Morgan fingerprint density at radius 1 is 1.27 bits per heavy atom. The molecule has 0 atom stereocenters. The molecule has 1 N–H and O–H groups in total. The van der Waals surface area contributed by atoms with E-state index in [0.29, 0.717) is 11.0 Å². The Morgan fingerprint density at radius 3 is 2.53 bits per heavy atom. The molecule has 2 fully saturated rings. The molecule has 3 nitrogen and oxygen atoms in total. The van der Waals surface area contributed by atoms with Crippen LogP contribution in [0.2, 0.25) is 0 Å². The predicted molar refractivity (Wildman–Crippen MR) is 57.3 cm³/mol. The Hall–Kier alpha value is -1.51. The fourth-order valence-electron chi connectivity index (χ4n) is 2.36. The molecule has 2 aliphatic rings. The van der Waals surface area contributed by atoms with Gasteiger partial charge in [0.25, 0.3) is 0 Å². The van der Waals surface area contributed by atoms with Gasteiger partial charge in [-0.3, -0.25) is 0 Å². The van der Waals surface area contributed by atoms with Crippen molar-refractivity contribution in [2.45, 2.75) is 12.8 Å². The number of carbonyl (C=O) groups is 1. The molecule has 15 heavy (non-hydrogen) atoms. The van der Waals surface area contributed by atoms with E-state index in [2.05, 4.69) is 4.90 Å². The average molecular weight is 203 g/mol. The molecule has 3 rings (SSSR count). The van der Waals surface area contributed by atoms with Gasteiger partial charge in [-0.25, -0.2) is 4.79 Å². The highest BCUT2D eigenvalue weighted by Gasteiger charge is 2.52. The molecular weight excluding hydrogens is 190 g/mol. The Labute approximate surface area is 88.3 Å². The molecule has 3 heteroatoms. The molecule has 1 spiro atoms. The van der Waals surface area contributed by atoms with E-state index in [1.54, 1.807) is 12.1 Å². The fraction of sp³-hybridized carbons (Fsp3) is 0.417. The maximum absolute atomic E-state index is 11.0. The summed E-state index contributed by atoms with van der Waals surface area (Å²) in [5, 5.41) is 9.05. The van der Waals surface area contributed by atoms with Crippen LogP contribution in [0.25, 0.3) is 0 Å². The molecule has 1 saturated heterocycles. The summed E-state index contributed by atoms with van der Waals surface area (Å²) in [6, 6.07) is 7.26. The molecule has 1 aliphatic carbocycles. The van der Waals surface area contributed by atoms with Gasteiger partial charge in [0.05, 0.1) is 11.3 Å². The first-order valence-electron chi connectivity index (χ1n) is 5.28. The number of rotatable bonds is 2. The van der Waals surface area contributed by atoms with E-state index in [-0.39, 0.29) is 0 Å². The Balaban J connectivity index is 1.88. The molecule has 78 valence electrons. The lowest BCUT2D eigenvalue weighted by Gasteiger charge is -2.42. The highest BCUT2D eigenvalue weighted by atomic mass is 16.4. The minimum Gasteiger partial charge on any atom is -0.478 e. The van der Waals surface area contributed by atoms with Crippen molar-refractivity contribution in [2.24, 2.45) is 5.41 Å². The first kappa shape index (κ1) is 8.77. The maximum Gasteiger partial charge on any atom is 0.337 e. The Bertz CT molecular complexity index is 415. The third-order valence-electron chi connectivity index (χ3n) is 3.48. The van der Waals surface area contributed by atoms with E-state index in [1.807, 2.05) is 12.1 Å². The average Bonchev–Trinajstić information content (AvgIpc) is 2.95. The van der Waals surface area contributed by atoms with Gasteiger partial charge in [-0.05, 0) is 25.0 Å². The van der Waals surface area contributed by atoms with Crippen LogP contribution in [0.5, 0.6) is 0 Å². The second-order valence-corrected chi connectivity index (χ2v) is 4.68. The minimum absolute atomic E-state index is 0.424. The van der Waals surface area contributed by atoms with E-state index in [4.69, 9.17) is 5.11 Å². The van der Waals surface area contributed by atoms with Gasteiger partial charge in [0.15, 0.2) is 0 Å². The molecule has 0 amide bonds. The number of para-hydroxylation sites is 1. The van der Waals surface area contributed by atoms with Crippen molar-refractivity contribution < 1.29 is 9.90 Å². The SMILES string of the molecule is O=C(O)c1ccccc1N1CC2(CC2)C1. The summed E-state index contributed by atoms with van der Waals surface area (Å²) in [6.45, 7) is 2.08. The van der Waals surface area contributed by atoms with Gasteiger partial charge in [0.2, 0.25) is 0 Å². The van der Waals surface area contributed by atoms with Gasteiger partial charge in [-0.15, -0.1) is 0 Å². The smallest absolute Gasteiger partial charge is 0.337 e. The highest BCUT2D eigenvalue weighted by Crippen LogP contribution is 2.54. The summed E-state index contributed by atoms with van der Waals surface area (Å²) in [5.41, 5.74) is 1.86. The summed E-state index contributed by atoms with van der Waals surface area (Å²) in [4.78, 5) is 13.2. The number of nitrogens with zero attached hydrogens (tertiary/aromatic N) is 1. The van der Waals surface area contributed by atoms with Crippen molar-refractivity contribution in [3.63, 3.8) is 0 Å². The third kappa shape index (κ3) is 1.30. The number of hydrogen-bond acceptors (Lipinski definition) is 2. The van der Waals surface area contributed by atoms with Crippen LogP contribution in [-0.4, -0.2) is 24.2 Å². The van der Waals surface area contributed by atoms with Crippen molar-refractivity contribution in [1.82, 2.24) is 0 Å². The van der Waals surface area contributed by atoms with Gasteiger partial charge >= 0.3 is 5.97 Å². The van der Waals surface area contributed by atoms with Crippen LogP contribution in [0.4, 0.5) is 5.69 Å². The van der Waals surface area contributed by atoms with E-state index in [0.717, 1.165) is 18.8 Å². The van der Waals surface area contributed by atoms with Crippen molar-refractivity contribution in [2.75, 3.05) is 18.0 Å². The summed E-state index contributed by atoms with van der Waals surface area (Å²) in [5.74, 6) is -0.831. The minimum atomic E-state index is -0.831. The Morgan fingerprint density at radius 2 is 1.93 bits per heavy atom. The number of benzene rings is 1. The zero-order valence-corrected chi connectivity index (χ0v) is 8.44. The molecule has 1 aliphatic heterocycles. The van der Waals surface area contributed by atoms with E-state index in [1.165, 1.54) is 12.8 Å². The lowest BCUT2D eigenvalue weighted by Crippen LogP contribution is -2.49. The van der Waals surface area contributed by atoms with E-state index >= 15 is 0 Å². The first-order chi connectivity index (χ1) is 7.20. The molecule has 1 saturated carbocycles.